The first-order valence-electron chi connectivity index (χ1n) is 7.01. The maximum absolute atomic E-state index is 9.19. The van der Waals surface area contributed by atoms with Crippen LogP contribution in [0.4, 0.5) is 0 Å². The average Bonchev–Trinajstić information content (AvgIpc) is 3.05. The lowest BCUT2D eigenvalue weighted by atomic mass is 10.1. The van der Waals surface area contributed by atoms with Crippen LogP contribution in [-0.2, 0) is 0 Å². The summed E-state index contributed by atoms with van der Waals surface area (Å²) >= 11 is 7.53. The number of benzene rings is 2. The monoisotopic (exact) mass is 327 g/mol. The number of nitriles is 1. The lowest BCUT2D eigenvalue weighted by Gasteiger charge is -2.19. The molecule has 2 nitrogen and oxygen atoms in total. The standard InChI is InChI=1S/C18H14ClNOS/c19-10-8-16(13-4-2-1-3-5-13)21-17-7-6-14(12-20)15-9-11-22-18(15)17/h1-7,9,11,16H,8,10H2/t16-/m1/s1. The van der Waals surface area contributed by atoms with Crippen molar-refractivity contribution in [2.45, 2.75) is 12.5 Å². The van der Waals surface area contributed by atoms with Crippen LogP contribution in [-0.4, -0.2) is 5.88 Å². The molecule has 0 aliphatic carbocycles. The fourth-order valence-corrected chi connectivity index (χ4v) is 3.52. The minimum Gasteiger partial charge on any atom is -0.484 e. The van der Waals surface area contributed by atoms with Crippen molar-refractivity contribution in [3.05, 3.63) is 65.0 Å². The van der Waals surface area contributed by atoms with Gasteiger partial charge in [0, 0.05) is 17.7 Å². The summed E-state index contributed by atoms with van der Waals surface area (Å²) in [6.45, 7) is 0. The van der Waals surface area contributed by atoms with Crippen LogP contribution in [0.15, 0.2) is 53.9 Å². The smallest absolute Gasteiger partial charge is 0.138 e. The van der Waals surface area contributed by atoms with E-state index < -0.39 is 0 Å². The molecule has 3 rings (SSSR count). The van der Waals surface area contributed by atoms with Gasteiger partial charge in [0.1, 0.15) is 11.9 Å². The van der Waals surface area contributed by atoms with Crippen LogP contribution in [0.3, 0.4) is 0 Å². The Labute approximate surface area is 138 Å². The SMILES string of the molecule is N#Cc1ccc(O[C@H](CCCl)c2ccccc2)c2sccc12. The second-order valence-electron chi connectivity index (χ2n) is 4.88. The quantitative estimate of drug-likeness (QED) is 0.578. The van der Waals surface area contributed by atoms with Gasteiger partial charge in [0.25, 0.3) is 0 Å². The maximum atomic E-state index is 9.19. The largest absolute Gasteiger partial charge is 0.484 e. The van der Waals surface area contributed by atoms with Gasteiger partial charge < -0.3 is 4.74 Å². The third-order valence-corrected chi connectivity index (χ3v) is 4.66. The Kier molecular flexibility index (Phi) is 4.62. The van der Waals surface area contributed by atoms with Gasteiger partial charge in [-0.15, -0.1) is 22.9 Å². The van der Waals surface area contributed by atoms with E-state index in [-0.39, 0.29) is 6.10 Å². The van der Waals surface area contributed by atoms with Gasteiger partial charge in [-0.1, -0.05) is 30.3 Å². The molecule has 1 atom stereocenters. The first-order chi connectivity index (χ1) is 10.8. The van der Waals surface area contributed by atoms with Gasteiger partial charge in [-0.25, -0.2) is 0 Å². The van der Waals surface area contributed by atoms with Crippen molar-refractivity contribution in [2.75, 3.05) is 5.88 Å². The van der Waals surface area contributed by atoms with E-state index in [1.54, 1.807) is 11.3 Å². The van der Waals surface area contributed by atoms with Crippen molar-refractivity contribution in [1.82, 2.24) is 0 Å². The Morgan fingerprint density at radius 3 is 2.68 bits per heavy atom. The molecule has 0 bridgehead atoms. The highest BCUT2D eigenvalue weighted by Crippen LogP contribution is 2.36. The van der Waals surface area contributed by atoms with Crippen LogP contribution in [0.25, 0.3) is 10.1 Å². The summed E-state index contributed by atoms with van der Waals surface area (Å²) in [5.74, 6) is 1.34. The van der Waals surface area contributed by atoms with Crippen LogP contribution in [0.1, 0.15) is 23.7 Å². The van der Waals surface area contributed by atoms with Gasteiger partial charge in [-0.05, 0) is 29.1 Å². The van der Waals surface area contributed by atoms with Crippen LogP contribution in [0.2, 0.25) is 0 Å². The number of hydrogen-bond acceptors (Lipinski definition) is 3. The fraction of sp³-hybridized carbons (Fsp3) is 0.167. The molecule has 110 valence electrons. The molecule has 0 saturated heterocycles. The number of rotatable bonds is 5. The van der Waals surface area contributed by atoms with E-state index in [0.29, 0.717) is 11.4 Å². The molecule has 4 heteroatoms. The summed E-state index contributed by atoms with van der Waals surface area (Å²) in [6, 6.07) is 18.0. The van der Waals surface area contributed by atoms with Crippen LogP contribution in [0, 0.1) is 11.3 Å². The number of ether oxygens (including phenoxy) is 1. The summed E-state index contributed by atoms with van der Waals surface area (Å²) in [5.41, 5.74) is 1.79. The Hall–Kier alpha value is -2.02. The zero-order valence-electron chi connectivity index (χ0n) is 11.8. The maximum Gasteiger partial charge on any atom is 0.138 e. The average molecular weight is 328 g/mol. The van der Waals surface area contributed by atoms with E-state index in [0.717, 1.165) is 27.8 Å². The van der Waals surface area contributed by atoms with Gasteiger partial charge in [-0.2, -0.15) is 5.26 Å². The third-order valence-electron chi connectivity index (χ3n) is 3.51. The van der Waals surface area contributed by atoms with E-state index in [4.69, 9.17) is 16.3 Å². The molecule has 0 saturated carbocycles. The summed E-state index contributed by atoms with van der Waals surface area (Å²) in [6.07, 6.45) is 0.648. The van der Waals surface area contributed by atoms with Crippen molar-refractivity contribution in [3.8, 4) is 11.8 Å². The molecular formula is C18H14ClNOS. The number of fused-ring (bicyclic) bond motifs is 1. The second kappa shape index (κ2) is 6.83. The molecule has 3 aromatic rings. The third kappa shape index (κ3) is 2.94. The normalized spacial score (nSPS) is 12.0. The minimum absolute atomic E-state index is 0.0862. The Bertz CT molecular complexity index is 807. The van der Waals surface area contributed by atoms with E-state index in [9.17, 15) is 5.26 Å². The van der Waals surface area contributed by atoms with Gasteiger partial charge in [0.2, 0.25) is 0 Å². The molecule has 22 heavy (non-hydrogen) atoms. The highest BCUT2D eigenvalue weighted by molar-refractivity contribution is 7.17. The van der Waals surface area contributed by atoms with Crippen molar-refractivity contribution in [3.63, 3.8) is 0 Å². The predicted octanol–water partition coefficient (Wildman–Crippen LogP) is 5.52. The Morgan fingerprint density at radius 1 is 1.14 bits per heavy atom. The van der Waals surface area contributed by atoms with E-state index in [2.05, 4.69) is 6.07 Å². The van der Waals surface area contributed by atoms with Crippen LogP contribution < -0.4 is 4.74 Å². The van der Waals surface area contributed by atoms with Gasteiger partial charge in [-0.3, -0.25) is 0 Å². The van der Waals surface area contributed by atoms with Crippen molar-refractivity contribution in [2.24, 2.45) is 0 Å². The van der Waals surface area contributed by atoms with Crippen LogP contribution in [0.5, 0.6) is 5.75 Å². The van der Waals surface area contributed by atoms with Gasteiger partial charge in [0.05, 0.1) is 16.3 Å². The van der Waals surface area contributed by atoms with Crippen molar-refractivity contribution in [1.29, 1.82) is 5.26 Å². The highest BCUT2D eigenvalue weighted by atomic mass is 35.5. The minimum atomic E-state index is -0.0862. The zero-order chi connectivity index (χ0) is 15.4. The zero-order valence-corrected chi connectivity index (χ0v) is 13.4. The Balaban J connectivity index is 1.97. The van der Waals surface area contributed by atoms with Crippen molar-refractivity contribution >= 4 is 33.0 Å². The lowest BCUT2D eigenvalue weighted by Crippen LogP contribution is -2.08. The van der Waals surface area contributed by atoms with E-state index in [1.807, 2.05) is 53.9 Å². The van der Waals surface area contributed by atoms with E-state index >= 15 is 0 Å². The molecule has 0 spiro atoms. The molecule has 0 amide bonds. The number of nitrogens with zero attached hydrogens (tertiary/aromatic N) is 1. The molecule has 0 unspecified atom stereocenters. The summed E-state index contributed by atoms with van der Waals surface area (Å²) < 4.78 is 7.24. The predicted molar refractivity (Wildman–Crippen MR) is 91.7 cm³/mol. The number of hydrogen-bond donors (Lipinski definition) is 0. The fourth-order valence-electron chi connectivity index (χ4n) is 2.44. The molecular weight excluding hydrogens is 314 g/mol. The number of halogens is 1. The first kappa shape index (κ1) is 14.9. The highest BCUT2D eigenvalue weighted by Gasteiger charge is 2.16. The summed E-state index contributed by atoms with van der Waals surface area (Å²) in [7, 11) is 0. The molecule has 0 fully saturated rings. The molecule has 0 radical (unpaired) electrons. The summed E-state index contributed by atoms with van der Waals surface area (Å²) in [5, 5.41) is 12.1. The molecule has 1 heterocycles. The lowest BCUT2D eigenvalue weighted by molar-refractivity contribution is 0.205. The molecule has 0 aliphatic heterocycles. The van der Waals surface area contributed by atoms with Crippen molar-refractivity contribution < 1.29 is 4.74 Å². The van der Waals surface area contributed by atoms with Gasteiger partial charge in [0.15, 0.2) is 0 Å². The van der Waals surface area contributed by atoms with Gasteiger partial charge >= 0.3 is 0 Å². The number of thiophene rings is 1. The summed E-state index contributed by atoms with van der Waals surface area (Å²) in [4.78, 5) is 0. The Morgan fingerprint density at radius 2 is 1.95 bits per heavy atom. The molecule has 1 aromatic heterocycles. The number of alkyl halides is 1. The first-order valence-corrected chi connectivity index (χ1v) is 8.42. The van der Waals surface area contributed by atoms with Crippen LogP contribution >= 0.6 is 22.9 Å². The molecule has 0 N–H and O–H groups in total. The molecule has 0 aliphatic rings. The van der Waals surface area contributed by atoms with E-state index in [1.165, 1.54) is 0 Å². The molecule has 2 aromatic carbocycles. The second-order valence-corrected chi connectivity index (χ2v) is 6.18. The topological polar surface area (TPSA) is 33.0 Å².